The Bertz CT molecular complexity index is 1540. The molecule has 0 amide bonds. The smallest absolute Gasteiger partial charge is 0.343 e. The van der Waals surface area contributed by atoms with E-state index in [1.165, 1.54) is 6.20 Å². The molecule has 11 nitrogen and oxygen atoms in total. The lowest BCUT2D eigenvalue weighted by Gasteiger charge is -2.30. The summed E-state index contributed by atoms with van der Waals surface area (Å²) in [6, 6.07) is 8.32. The zero-order chi connectivity index (χ0) is 30.5. The quantitative estimate of drug-likeness (QED) is 0.266. The summed E-state index contributed by atoms with van der Waals surface area (Å²) in [6.07, 6.45) is 5.63. The van der Waals surface area contributed by atoms with Crippen LogP contribution in [0.4, 0.5) is 34.5 Å². The number of hydrogen-bond acceptors (Lipinski definition) is 11. The zero-order valence-corrected chi connectivity index (χ0v) is 26.0. The van der Waals surface area contributed by atoms with E-state index in [-0.39, 0.29) is 11.5 Å². The van der Waals surface area contributed by atoms with Gasteiger partial charge in [-0.1, -0.05) is 0 Å². The van der Waals surface area contributed by atoms with Gasteiger partial charge in [-0.25, -0.2) is 9.78 Å². The summed E-state index contributed by atoms with van der Waals surface area (Å²) in [5.41, 5.74) is 12.2. The second-order valence-corrected chi connectivity index (χ2v) is 12.6. The molecule has 228 valence electrons. The highest BCUT2D eigenvalue weighted by molar-refractivity contribution is 5.96. The molecule has 1 spiro atoms. The number of likely N-dealkylation sites (N-methyl/N-ethyl adjacent to an activating group) is 1. The summed E-state index contributed by atoms with van der Waals surface area (Å²) >= 11 is 0. The molecule has 3 aromatic rings. The predicted molar refractivity (Wildman–Crippen MR) is 169 cm³/mol. The average molecular weight is 587 g/mol. The van der Waals surface area contributed by atoms with Crippen molar-refractivity contribution in [1.29, 1.82) is 0 Å². The molecule has 2 aliphatic heterocycles. The van der Waals surface area contributed by atoms with Crippen molar-refractivity contribution in [2.75, 3.05) is 61.7 Å². The van der Waals surface area contributed by atoms with Crippen LogP contribution in [0.25, 0.3) is 0 Å². The molecule has 3 N–H and O–H groups in total. The molecule has 43 heavy (non-hydrogen) atoms. The summed E-state index contributed by atoms with van der Waals surface area (Å²) in [7, 11) is 5.83. The minimum absolute atomic E-state index is 0.00731. The van der Waals surface area contributed by atoms with Crippen LogP contribution in [-0.2, 0) is 10.2 Å². The molecule has 4 heterocycles. The minimum Gasteiger partial charge on any atom is -0.494 e. The van der Waals surface area contributed by atoms with E-state index in [0.717, 1.165) is 61.5 Å². The molecule has 1 aromatic carbocycles. The van der Waals surface area contributed by atoms with Crippen molar-refractivity contribution in [3.63, 3.8) is 0 Å². The first-order valence-electron chi connectivity index (χ1n) is 15.1. The minimum atomic E-state index is -0.459. The van der Waals surface area contributed by atoms with Gasteiger partial charge in [0.25, 0.3) is 0 Å². The van der Waals surface area contributed by atoms with Gasteiger partial charge in [-0.3, -0.25) is 4.98 Å². The fraction of sp³-hybridized carbons (Fsp3) is 0.500. The number of nitrogens with zero attached hydrogens (tertiary/aromatic N) is 6. The Labute approximate surface area is 253 Å². The first kappa shape index (κ1) is 29.0. The van der Waals surface area contributed by atoms with Crippen LogP contribution < -0.4 is 25.6 Å². The Balaban J connectivity index is 1.36. The third-order valence-corrected chi connectivity index (χ3v) is 8.57. The number of anilines is 6. The standard InChI is InChI=1S/C32H42N8O3/c1-19(2)43-30(41)22-16-34-31(37-29(22)40-18-32(11-12-32)28-25(40)10-9-20(3)35-28)36-24-14-23(33)26(15-27(24)42-6)39-13-7-8-21(39)17-38(4)5/h9-10,14-16,19,21H,7-8,11-13,17-18,33H2,1-6H3,(H,34,36,37)/t21-/m0/s1. The molecule has 0 radical (unpaired) electrons. The van der Waals surface area contributed by atoms with E-state index in [4.69, 9.17) is 25.2 Å². The Kier molecular flexibility index (Phi) is 7.53. The molecule has 1 saturated carbocycles. The first-order chi connectivity index (χ1) is 20.6. The highest BCUT2D eigenvalue weighted by Crippen LogP contribution is 2.57. The number of nitrogens with two attached hydrogens (primary N) is 1. The number of fused-ring (bicyclic) bond motifs is 2. The van der Waals surface area contributed by atoms with E-state index in [9.17, 15) is 4.79 Å². The molecular formula is C32H42N8O3. The van der Waals surface area contributed by atoms with Gasteiger partial charge in [0.1, 0.15) is 11.3 Å². The van der Waals surface area contributed by atoms with E-state index in [1.807, 2.05) is 39.0 Å². The lowest BCUT2D eigenvalue weighted by molar-refractivity contribution is 0.0378. The Morgan fingerprint density at radius 1 is 1.21 bits per heavy atom. The monoisotopic (exact) mass is 586 g/mol. The molecular weight excluding hydrogens is 544 g/mol. The van der Waals surface area contributed by atoms with Crippen LogP contribution in [-0.4, -0.2) is 78.8 Å². The number of aromatic nitrogens is 3. The molecule has 2 fully saturated rings. The van der Waals surface area contributed by atoms with Crippen LogP contribution in [0, 0.1) is 6.92 Å². The maximum Gasteiger partial charge on any atom is 0.343 e. The number of hydrogen-bond donors (Lipinski definition) is 2. The normalized spacial score (nSPS) is 18.5. The number of carbonyl (C=O) groups is 1. The Morgan fingerprint density at radius 2 is 2.00 bits per heavy atom. The largest absolute Gasteiger partial charge is 0.494 e. The molecule has 1 saturated heterocycles. The van der Waals surface area contributed by atoms with Crippen molar-refractivity contribution >= 4 is 40.5 Å². The summed E-state index contributed by atoms with van der Waals surface area (Å²) in [4.78, 5) is 34.2. The number of esters is 1. The van der Waals surface area contributed by atoms with Gasteiger partial charge < -0.3 is 35.2 Å². The van der Waals surface area contributed by atoms with Crippen molar-refractivity contribution < 1.29 is 14.3 Å². The van der Waals surface area contributed by atoms with Crippen LogP contribution in [0.15, 0.2) is 30.5 Å². The zero-order valence-electron chi connectivity index (χ0n) is 26.0. The number of benzene rings is 1. The van der Waals surface area contributed by atoms with Crippen molar-refractivity contribution in [3.05, 3.63) is 47.4 Å². The predicted octanol–water partition coefficient (Wildman–Crippen LogP) is 4.79. The third-order valence-electron chi connectivity index (χ3n) is 8.57. The number of pyridine rings is 1. The van der Waals surface area contributed by atoms with Gasteiger partial charge in [0.15, 0.2) is 5.82 Å². The summed E-state index contributed by atoms with van der Waals surface area (Å²) < 4.78 is 11.4. The molecule has 6 rings (SSSR count). The summed E-state index contributed by atoms with van der Waals surface area (Å²) in [5.74, 6) is 0.993. The van der Waals surface area contributed by atoms with Gasteiger partial charge >= 0.3 is 5.97 Å². The fourth-order valence-electron chi connectivity index (χ4n) is 6.40. The van der Waals surface area contributed by atoms with Crippen molar-refractivity contribution in [2.24, 2.45) is 0 Å². The SMILES string of the molecule is COc1cc(N2CCC[C@H]2CN(C)C)c(N)cc1Nc1ncc(C(=O)OC(C)C)c(N2CC3(CC3)c3nc(C)ccc32)n1. The summed E-state index contributed by atoms with van der Waals surface area (Å²) in [6.45, 7) is 8.28. The molecule has 0 bridgehead atoms. The highest BCUT2D eigenvalue weighted by atomic mass is 16.5. The number of nitrogens with one attached hydrogen (secondary N) is 1. The van der Waals surface area contributed by atoms with E-state index >= 15 is 0 Å². The van der Waals surface area contributed by atoms with Crippen molar-refractivity contribution in [1.82, 2.24) is 19.9 Å². The van der Waals surface area contributed by atoms with Crippen LogP contribution in [0.5, 0.6) is 5.75 Å². The number of carbonyl (C=O) groups excluding carboxylic acids is 1. The molecule has 1 atom stereocenters. The van der Waals surface area contributed by atoms with Crippen molar-refractivity contribution in [3.8, 4) is 5.75 Å². The second kappa shape index (κ2) is 11.2. The maximum absolute atomic E-state index is 13.2. The lowest BCUT2D eigenvalue weighted by Crippen LogP contribution is -2.37. The lowest BCUT2D eigenvalue weighted by atomic mass is 10.0. The number of nitrogen functional groups attached to an aromatic ring is 1. The van der Waals surface area contributed by atoms with E-state index < -0.39 is 5.97 Å². The van der Waals surface area contributed by atoms with Gasteiger partial charge in [-0.2, -0.15) is 4.98 Å². The number of aryl methyl sites for hydroxylation is 1. The molecule has 1 aliphatic carbocycles. The Hall–Kier alpha value is -4.12. The van der Waals surface area contributed by atoms with Gasteiger partial charge in [-0.05, 0) is 78.7 Å². The first-order valence-corrected chi connectivity index (χ1v) is 15.1. The number of ether oxygens (including phenoxy) is 2. The van der Waals surface area contributed by atoms with Gasteiger partial charge in [0, 0.05) is 49.0 Å². The number of methoxy groups -OCH3 is 1. The summed E-state index contributed by atoms with van der Waals surface area (Å²) in [5, 5.41) is 3.32. The van der Waals surface area contributed by atoms with Gasteiger partial charge in [-0.15, -0.1) is 0 Å². The van der Waals surface area contributed by atoms with Crippen LogP contribution in [0.3, 0.4) is 0 Å². The van der Waals surface area contributed by atoms with Crippen LogP contribution in [0.2, 0.25) is 0 Å². The second-order valence-electron chi connectivity index (χ2n) is 12.6. The fourth-order valence-corrected chi connectivity index (χ4v) is 6.40. The number of rotatable bonds is 9. The van der Waals surface area contributed by atoms with Crippen molar-refractivity contribution in [2.45, 2.75) is 64.0 Å². The Morgan fingerprint density at radius 3 is 2.70 bits per heavy atom. The van der Waals surface area contributed by atoms with E-state index in [0.29, 0.717) is 47.0 Å². The third kappa shape index (κ3) is 5.53. The molecule has 11 heteroatoms. The van der Waals surface area contributed by atoms with E-state index in [1.54, 1.807) is 7.11 Å². The average Bonchev–Trinajstić information content (AvgIpc) is 3.49. The van der Waals surface area contributed by atoms with Gasteiger partial charge in [0.2, 0.25) is 5.95 Å². The topological polar surface area (TPSA) is 122 Å². The van der Waals surface area contributed by atoms with Gasteiger partial charge in [0.05, 0.1) is 41.7 Å². The molecule has 3 aliphatic rings. The molecule has 2 aromatic heterocycles. The van der Waals surface area contributed by atoms with Crippen LogP contribution in [0.1, 0.15) is 61.3 Å². The van der Waals surface area contributed by atoms with Crippen LogP contribution >= 0.6 is 0 Å². The molecule has 0 unspecified atom stereocenters. The highest BCUT2D eigenvalue weighted by Gasteiger charge is 2.54. The van der Waals surface area contributed by atoms with E-state index in [2.05, 4.69) is 45.2 Å². The maximum atomic E-state index is 13.2.